The van der Waals surface area contributed by atoms with Gasteiger partial charge in [-0.15, -0.1) is 0 Å². The van der Waals surface area contributed by atoms with Gasteiger partial charge in [-0.2, -0.15) is 13.2 Å². The van der Waals surface area contributed by atoms with Crippen LogP contribution in [0, 0.1) is 0 Å². The highest BCUT2D eigenvalue weighted by Crippen LogP contribution is 2.31. The van der Waals surface area contributed by atoms with Crippen LogP contribution >= 0.6 is 0 Å². The third kappa shape index (κ3) is 5.54. The average Bonchev–Trinajstić information content (AvgIpc) is 2.73. The highest BCUT2D eigenvalue weighted by atomic mass is 19.4. The van der Waals surface area contributed by atoms with Crippen LogP contribution in [0.4, 0.5) is 24.5 Å². The van der Waals surface area contributed by atoms with Crippen LogP contribution in [-0.4, -0.2) is 16.8 Å². The van der Waals surface area contributed by atoms with Crippen molar-refractivity contribution in [2.45, 2.75) is 6.18 Å². The molecule has 0 unspecified atom stereocenters. The molecule has 8 heteroatoms. The molecule has 0 aliphatic rings. The van der Waals surface area contributed by atoms with Gasteiger partial charge in [-0.3, -0.25) is 14.6 Å². The fraction of sp³-hybridized carbons (Fsp3) is 0.0455. The smallest absolute Gasteiger partial charge is 0.322 e. The first-order valence-electron chi connectivity index (χ1n) is 8.80. The van der Waals surface area contributed by atoms with Crippen LogP contribution in [0.5, 0.6) is 0 Å². The van der Waals surface area contributed by atoms with Crippen molar-refractivity contribution < 1.29 is 22.8 Å². The number of carbonyl (C=O) groups is 2. The zero-order valence-electron chi connectivity index (χ0n) is 15.5. The van der Waals surface area contributed by atoms with Crippen molar-refractivity contribution in [1.29, 1.82) is 0 Å². The van der Waals surface area contributed by atoms with Crippen molar-refractivity contribution >= 4 is 29.3 Å². The number of hydrogen-bond donors (Lipinski definition) is 2. The predicted octanol–water partition coefficient (Wildman–Crippen LogP) is 5.00. The second kappa shape index (κ2) is 9.04. The van der Waals surface area contributed by atoms with Gasteiger partial charge in [-0.25, -0.2) is 0 Å². The first-order valence-corrected chi connectivity index (χ1v) is 8.80. The Morgan fingerprint density at radius 1 is 0.900 bits per heavy atom. The molecule has 2 amide bonds. The monoisotopic (exact) mass is 411 g/mol. The largest absolute Gasteiger partial charge is 0.416 e. The molecule has 0 aliphatic heterocycles. The van der Waals surface area contributed by atoms with Crippen molar-refractivity contribution in [3.05, 3.63) is 95.8 Å². The fourth-order valence-corrected chi connectivity index (χ4v) is 2.58. The van der Waals surface area contributed by atoms with Gasteiger partial charge < -0.3 is 10.6 Å². The summed E-state index contributed by atoms with van der Waals surface area (Å²) >= 11 is 0. The number of hydrogen-bond acceptors (Lipinski definition) is 3. The van der Waals surface area contributed by atoms with E-state index in [1.807, 2.05) is 0 Å². The Hall–Kier alpha value is -3.94. The standard InChI is InChI=1S/C22H16F3N3O2/c23-22(24,25)16-4-3-5-17(14-16)27-21(30)18-6-1-2-7-19(18)28-20(29)9-8-15-10-12-26-13-11-15/h1-14H,(H,27,30)(H,28,29)/b9-8+. The maximum absolute atomic E-state index is 12.9. The summed E-state index contributed by atoms with van der Waals surface area (Å²) in [4.78, 5) is 28.7. The Morgan fingerprint density at radius 2 is 1.63 bits per heavy atom. The minimum atomic E-state index is -4.52. The van der Waals surface area contributed by atoms with Crippen molar-refractivity contribution in [2.24, 2.45) is 0 Å². The maximum atomic E-state index is 12.9. The van der Waals surface area contributed by atoms with Crippen LogP contribution in [0.1, 0.15) is 21.5 Å². The van der Waals surface area contributed by atoms with Gasteiger partial charge in [-0.1, -0.05) is 18.2 Å². The van der Waals surface area contributed by atoms with Gasteiger partial charge in [0.1, 0.15) is 0 Å². The number of anilines is 2. The second-order valence-electron chi connectivity index (χ2n) is 6.18. The molecule has 30 heavy (non-hydrogen) atoms. The zero-order valence-corrected chi connectivity index (χ0v) is 15.5. The molecule has 5 nitrogen and oxygen atoms in total. The van der Waals surface area contributed by atoms with E-state index in [4.69, 9.17) is 0 Å². The van der Waals surface area contributed by atoms with Crippen LogP contribution < -0.4 is 10.6 Å². The second-order valence-corrected chi connectivity index (χ2v) is 6.18. The summed E-state index contributed by atoms with van der Waals surface area (Å²) in [5.74, 6) is -1.12. The van der Waals surface area contributed by atoms with Crippen molar-refractivity contribution in [1.82, 2.24) is 4.98 Å². The molecular weight excluding hydrogens is 395 g/mol. The van der Waals surface area contributed by atoms with Crippen LogP contribution in [0.2, 0.25) is 0 Å². The van der Waals surface area contributed by atoms with Crippen LogP contribution in [0.3, 0.4) is 0 Å². The Kier molecular flexibility index (Phi) is 6.26. The Bertz CT molecular complexity index is 1080. The number of aromatic nitrogens is 1. The molecular formula is C22H16F3N3O2. The van der Waals surface area contributed by atoms with Gasteiger partial charge in [0, 0.05) is 24.2 Å². The lowest BCUT2D eigenvalue weighted by Crippen LogP contribution is -2.17. The number of rotatable bonds is 5. The zero-order chi connectivity index (χ0) is 21.6. The molecule has 2 N–H and O–H groups in total. The average molecular weight is 411 g/mol. The Labute approximate surface area is 170 Å². The van der Waals surface area contributed by atoms with Gasteiger partial charge in [0.15, 0.2) is 0 Å². The lowest BCUT2D eigenvalue weighted by atomic mass is 10.1. The third-order valence-electron chi connectivity index (χ3n) is 4.01. The molecule has 1 aromatic heterocycles. The lowest BCUT2D eigenvalue weighted by Gasteiger charge is -2.12. The van der Waals surface area contributed by atoms with Gasteiger partial charge >= 0.3 is 6.18 Å². The van der Waals surface area contributed by atoms with Gasteiger partial charge in [0.2, 0.25) is 5.91 Å². The van der Waals surface area contributed by atoms with Gasteiger partial charge in [0.25, 0.3) is 5.91 Å². The molecule has 0 atom stereocenters. The first kappa shape index (κ1) is 20.8. The number of alkyl halides is 3. The molecule has 2 aromatic carbocycles. The number of halogens is 3. The van der Waals surface area contributed by atoms with Gasteiger partial charge in [0.05, 0.1) is 16.8 Å². The number of para-hydroxylation sites is 1. The molecule has 0 radical (unpaired) electrons. The summed E-state index contributed by atoms with van der Waals surface area (Å²) in [6, 6.07) is 14.0. The number of amides is 2. The summed E-state index contributed by atoms with van der Waals surface area (Å²) in [5.41, 5.74) is 0.235. The van der Waals surface area contributed by atoms with E-state index in [1.54, 1.807) is 42.7 Å². The van der Waals surface area contributed by atoms with Crippen molar-refractivity contribution in [3.63, 3.8) is 0 Å². The molecule has 1 heterocycles. The Balaban J connectivity index is 1.74. The molecule has 0 aliphatic carbocycles. The highest BCUT2D eigenvalue weighted by molar-refractivity contribution is 6.11. The van der Waals surface area contributed by atoms with Crippen LogP contribution in [0.15, 0.2) is 79.1 Å². The normalized spacial score (nSPS) is 11.3. The molecule has 3 aromatic rings. The number of benzene rings is 2. The SMILES string of the molecule is O=C(/C=C/c1ccncc1)Nc1ccccc1C(=O)Nc1cccc(C(F)(F)F)c1. The van der Waals surface area contributed by atoms with Crippen molar-refractivity contribution in [3.8, 4) is 0 Å². The molecule has 0 fully saturated rings. The number of carbonyl (C=O) groups excluding carboxylic acids is 2. The van der Waals surface area contributed by atoms with E-state index < -0.39 is 23.6 Å². The maximum Gasteiger partial charge on any atom is 0.416 e. The van der Waals surface area contributed by atoms with E-state index in [-0.39, 0.29) is 16.9 Å². The van der Waals surface area contributed by atoms with Crippen LogP contribution in [0.25, 0.3) is 6.08 Å². The lowest BCUT2D eigenvalue weighted by molar-refractivity contribution is -0.137. The molecule has 0 bridgehead atoms. The quantitative estimate of drug-likeness (QED) is 0.580. The van der Waals surface area contributed by atoms with E-state index in [0.29, 0.717) is 0 Å². The topological polar surface area (TPSA) is 71.1 Å². The van der Waals surface area contributed by atoms with E-state index in [0.717, 1.165) is 17.7 Å². The molecule has 0 saturated heterocycles. The van der Waals surface area contributed by atoms with Gasteiger partial charge in [-0.05, 0) is 54.1 Å². The van der Waals surface area contributed by atoms with E-state index in [2.05, 4.69) is 15.6 Å². The molecule has 152 valence electrons. The first-order chi connectivity index (χ1) is 14.3. The summed E-state index contributed by atoms with van der Waals surface area (Å²) in [6.07, 6.45) is 1.54. The predicted molar refractivity (Wildman–Crippen MR) is 108 cm³/mol. The third-order valence-corrected chi connectivity index (χ3v) is 4.01. The summed E-state index contributed by atoms with van der Waals surface area (Å²) in [7, 11) is 0. The van der Waals surface area contributed by atoms with E-state index >= 15 is 0 Å². The molecule has 0 saturated carbocycles. The van der Waals surface area contributed by atoms with E-state index in [9.17, 15) is 22.8 Å². The number of nitrogens with one attached hydrogen (secondary N) is 2. The van der Waals surface area contributed by atoms with E-state index in [1.165, 1.54) is 30.3 Å². The minimum absolute atomic E-state index is 0.00598. The summed E-state index contributed by atoms with van der Waals surface area (Å²) in [6.45, 7) is 0. The minimum Gasteiger partial charge on any atom is -0.322 e. The summed E-state index contributed by atoms with van der Waals surface area (Å²) in [5, 5.41) is 5.03. The summed E-state index contributed by atoms with van der Waals surface area (Å²) < 4.78 is 38.6. The number of pyridine rings is 1. The van der Waals surface area contributed by atoms with Crippen molar-refractivity contribution in [2.75, 3.05) is 10.6 Å². The van der Waals surface area contributed by atoms with Crippen LogP contribution in [-0.2, 0) is 11.0 Å². The Morgan fingerprint density at radius 3 is 2.37 bits per heavy atom. The molecule has 3 rings (SSSR count). The fourth-order valence-electron chi connectivity index (χ4n) is 2.58. The molecule has 0 spiro atoms. The number of nitrogens with zero attached hydrogens (tertiary/aromatic N) is 1. The highest BCUT2D eigenvalue weighted by Gasteiger charge is 2.30.